The zero-order valence-corrected chi connectivity index (χ0v) is 13.0. The zero-order chi connectivity index (χ0) is 17.4. The summed E-state index contributed by atoms with van der Waals surface area (Å²) < 4.78 is 5.27. The lowest BCUT2D eigenvalue weighted by atomic mass is 10.1. The second-order valence-electron chi connectivity index (χ2n) is 5.60. The molecule has 0 fully saturated rings. The summed E-state index contributed by atoms with van der Waals surface area (Å²) in [4.78, 5) is 38.5. The molecule has 3 aromatic rings. The molecule has 124 valence electrons. The molecule has 0 spiro atoms. The Morgan fingerprint density at radius 3 is 2.80 bits per heavy atom. The van der Waals surface area contributed by atoms with Crippen LogP contribution in [0, 0.1) is 0 Å². The Labute approximate surface area is 141 Å². The number of amides is 2. The summed E-state index contributed by atoms with van der Waals surface area (Å²) in [5.74, 6) is -0.169. The highest BCUT2D eigenvalue weighted by atomic mass is 16.5. The topological polar surface area (TPSA) is 100 Å². The number of hydrogen-bond donors (Lipinski definition) is 3. The number of hydrogen-bond acceptors (Lipinski definition) is 4. The minimum Gasteiger partial charge on any atom is -0.482 e. The molecule has 7 nitrogen and oxygen atoms in total. The fraction of sp³-hybridized carbons (Fsp3) is 0.0556. The van der Waals surface area contributed by atoms with Crippen LogP contribution in [0.5, 0.6) is 5.75 Å². The summed E-state index contributed by atoms with van der Waals surface area (Å²) in [6.45, 7) is -0.0307. The number of aromatic amines is 1. The number of anilines is 2. The third-order valence-corrected chi connectivity index (χ3v) is 3.87. The predicted molar refractivity (Wildman–Crippen MR) is 93.1 cm³/mol. The van der Waals surface area contributed by atoms with Crippen molar-refractivity contribution in [3.8, 4) is 5.75 Å². The standard InChI is InChI=1S/C18H13N3O4/c22-16-9-25-15-6-5-11(8-13(15)20-16)19-18(24)14-7-10-3-1-2-4-12(10)17(23)21-14/h1-8H,9H2,(H,19,24)(H,20,22)(H,21,23). The van der Waals surface area contributed by atoms with Crippen molar-refractivity contribution in [3.63, 3.8) is 0 Å². The van der Waals surface area contributed by atoms with Crippen molar-refractivity contribution in [1.29, 1.82) is 0 Å². The van der Waals surface area contributed by atoms with Crippen LogP contribution in [-0.2, 0) is 4.79 Å². The number of rotatable bonds is 2. The van der Waals surface area contributed by atoms with Crippen molar-refractivity contribution in [2.45, 2.75) is 0 Å². The largest absolute Gasteiger partial charge is 0.482 e. The minimum atomic E-state index is -0.453. The van der Waals surface area contributed by atoms with Crippen molar-refractivity contribution in [1.82, 2.24) is 4.98 Å². The van der Waals surface area contributed by atoms with E-state index < -0.39 is 5.91 Å². The third-order valence-electron chi connectivity index (χ3n) is 3.87. The Morgan fingerprint density at radius 1 is 1.08 bits per heavy atom. The number of aromatic nitrogens is 1. The van der Waals surface area contributed by atoms with E-state index >= 15 is 0 Å². The number of carbonyl (C=O) groups is 2. The van der Waals surface area contributed by atoms with Gasteiger partial charge in [-0.05, 0) is 35.7 Å². The maximum atomic E-state index is 12.4. The fourth-order valence-corrected chi connectivity index (χ4v) is 2.69. The molecule has 0 radical (unpaired) electrons. The van der Waals surface area contributed by atoms with Gasteiger partial charge in [0.25, 0.3) is 17.4 Å². The molecule has 0 aliphatic carbocycles. The van der Waals surface area contributed by atoms with Crippen LogP contribution in [-0.4, -0.2) is 23.4 Å². The first-order chi connectivity index (χ1) is 12.1. The van der Waals surface area contributed by atoms with Gasteiger partial charge in [0.15, 0.2) is 6.61 Å². The van der Waals surface area contributed by atoms with Gasteiger partial charge in [-0.1, -0.05) is 18.2 Å². The highest BCUT2D eigenvalue weighted by molar-refractivity contribution is 6.05. The van der Waals surface area contributed by atoms with E-state index in [0.29, 0.717) is 27.9 Å². The summed E-state index contributed by atoms with van der Waals surface area (Å²) >= 11 is 0. The van der Waals surface area contributed by atoms with E-state index in [1.807, 2.05) is 0 Å². The molecule has 2 aromatic carbocycles. The summed E-state index contributed by atoms with van der Waals surface area (Å²) in [5.41, 5.74) is 0.792. The van der Waals surface area contributed by atoms with E-state index in [4.69, 9.17) is 4.74 Å². The summed E-state index contributed by atoms with van der Waals surface area (Å²) in [6, 6.07) is 13.6. The molecule has 0 atom stereocenters. The molecule has 25 heavy (non-hydrogen) atoms. The number of pyridine rings is 1. The van der Waals surface area contributed by atoms with E-state index in [-0.39, 0.29) is 23.8 Å². The summed E-state index contributed by atoms with van der Waals surface area (Å²) in [6.07, 6.45) is 0. The first-order valence-electron chi connectivity index (χ1n) is 7.60. The van der Waals surface area contributed by atoms with Crippen LogP contribution < -0.4 is 20.9 Å². The van der Waals surface area contributed by atoms with Gasteiger partial charge in [0.05, 0.1) is 5.69 Å². The van der Waals surface area contributed by atoms with Gasteiger partial charge in [0, 0.05) is 11.1 Å². The lowest BCUT2D eigenvalue weighted by Crippen LogP contribution is -2.25. The van der Waals surface area contributed by atoms with Crippen LogP contribution in [0.4, 0.5) is 11.4 Å². The number of benzene rings is 2. The van der Waals surface area contributed by atoms with Crippen molar-refractivity contribution in [2.24, 2.45) is 0 Å². The van der Waals surface area contributed by atoms with Crippen LogP contribution in [0.25, 0.3) is 10.8 Å². The van der Waals surface area contributed by atoms with Crippen LogP contribution in [0.3, 0.4) is 0 Å². The molecule has 1 aromatic heterocycles. The zero-order valence-electron chi connectivity index (χ0n) is 13.0. The SMILES string of the molecule is O=C1COc2ccc(NC(=O)c3cc4ccccc4c(=O)[nH]3)cc2N1. The van der Waals surface area contributed by atoms with Crippen molar-refractivity contribution < 1.29 is 14.3 Å². The van der Waals surface area contributed by atoms with E-state index in [2.05, 4.69) is 15.6 Å². The molecule has 2 amide bonds. The molecule has 0 saturated carbocycles. The van der Waals surface area contributed by atoms with Crippen LogP contribution in [0.15, 0.2) is 53.3 Å². The first-order valence-corrected chi connectivity index (χ1v) is 7.60. The molecular weight excluding hydrogens is 322 g/mol. The van der Waals surface area contributed by atoms with Crippen molar-refractivity contribution >= 4 is 34.0 Å². The van der Waals surface area contributed by atoms with Gasteiger partial charge in [0.1, 0.15) is 11.4 Å². The molecule has 1 aliphatic rings. The van der Waals surface area contributed by atoms with Gasteiger partial charge >= 0.3 is 0 Å². The Morgan fingerprint density at radius 2 is 1.92 bits per heavy atom. The highest BCUT2D eigenvalue weighted by Gasteiger charge is 2.17. The quantitative estimate of drug-likeness (QED) is 0.668. The number of fused-ring (bicyclic) bond motifs is 2. The van der Waals surface area contributed by atoms with Crippen LogP contribution >= 0.6 is 0 Å². The highest BCUT2D eigenvalue weighted by Crippen LogP contribution is 2.30. The van der Waals surface area contributed by atoms with Gasteiger partial charge in [0.2, 0.25) is 0 Å². The molecule has 0 bridgehead atoms. The van der Waals surface area contributed by atoms with Crippen molar-refractivity contribution in [2.75, 3.05) is 17.2 Å². The fourth-order valence-electron chi connectivity index (χ4n) is 2.69. The number of nitrogens with one attached hydrogen (secondary N) is 3. The average Bonchev–Trinajstić information content (AvgIpc) is 2.61. The maximum Gasteiger partial charge on any atom is 0.272 e. The molecule has 7 heteroatoms. The number of H-pyrrole nitrogens is 1. The Balaban J connectivity index is 1.63. The average molecular weight is 335 g/mol. The third kappa shape index (κ3) is 2.83. The first kappa shape index (κ1) is 14.9. The van der Waals surface area contributed by atoms with Gasteiger partial charge in [-0.15, -0.1) is 0 Å². The molecule has 1 aliphatic heterocycles. The van der Waals surface area contributed by atoms with Gasteiger partial charge in [-0.2, -0.15) is 0 Å². The molecular formula is C18H13N3O4. The van der Waals surface area contributed by atoms with E-state index in [1.165, 1.54) is 0 Å². The summed E-state index contributed by atoms with van der Waals surface area (Å²) in [7, 11) is 0. The lowest BCUT2D eigenvalue weighted by Gasteiger charge is -2.18. The second-order valence-corrected chi connectivity index (χ2v) is 5.60. The minimum absolute atomic E-state index is 0.0307. The van der Waals surface area contributed by atoms with Crippen LogP contribution in [0.1, 0.15) is 10.5 Å². The predicted octanol–water partition coefficient (Wildman–Crippen LogP) is 2.11. The molecule has 3 N–H and O–H groups in total. The van der Waals surface area contributed by atoms with E-state index in [1.54, 1.807) is 48.5 Å². The Kier molecular flexibility index (Phi) is 3.46. The smallest absolute Gasteiger partial charge is 0.272 e. The Hall–Kier alpha value is -3.61. The number of ether oxygens (including phenoxy) is 1. The van der Waals surface area contributed by atoms with Gasteiger partial charge in [-0.25, -0.2) is 0 Å². The normalized spacial score (nSPS) is 12.9. The van der Waals surface area contributed by atoms with Gasteiger partial charge in [-0.3, -0.25) is 14.4 Å². The van der Waals surface area contributed by atoms with Gasteiger partial charge < -0.3 is 20.4 Å². The maximum absolute atomic E-state index is 12.4. The van der Waals surface area contributed by atoms with E-state index in [0.717, 1.165) is 0 Å². The molecule has 0 saturated heterocycles. The lowest BCUT2D eigenvalue weighted by molar-refractivity contribution is -0.118. The van der Waals surface area contributed by atoms with Crippen LogP contribution in [0.2, 0.25) is 0 Å². The molecule has 2 heterocycles. The molecule has 4 rings (SSSR count). The second kappa shape index (κ2) is 5.79. The van der Waals surface area contributed by atoms with Crippen molar-refractivity contribution in [3.05, 3.63) is 64.6 Å². The Bertz CT molecular complexity index is 1070. The molecule has 0 unspecified atom stereocenters. The summed E-state index contributed by atoms with van der Waals surface area (Å²) in [5, 5.41) is 6.58. The monoisotopic (exact) mass is 335 g/mol. The van der Waals surface area contributed by atoms with E-state index in [9.17, 15) is 14.4 Å². The number of carbonyl (C=O) groups excluding carboxylic acids is 2.